The Morgan fingerprint density at radius 2 is 1.31 bits per heavy atom. The van der Waals surface area contributed by atoms with E-state index in [4.69, 9.17) is 0 Å². The average molecular weight is 216 g/mol. The summed E-state index contributed by atoms with van der Waals surface area (Å²) in [6.07, 6.45) is 17.1. The highest BCUT2D eigenvalue weighted by molar-refractivity contribution is 5.81. The fraction of sp³-hybridized carbons (Fsp3) is 0. The number of nitrogens with one attached hydrogen (secondary N) is 2. The summed E-state index contributed by atoms with van der Waals surface area (Å²) in [7, 11) is 0. The summed E-state index contributed by atoms with van der Waals surface area (Å²) < 4.78 is 0. The Kier molecular flexibility index (Phi) is 3.08. The van der Waals surface area contributed by atoms with Crippen LogP contribution in [0.5, 0.6) is 0 Å². The molecule has 2 aliphatic rings. The van der Waals surface area contributed by atoms with Crippen molar-refractivity contribution in [2.24, 2.45) is 0 Å². The van der Waals surface area contributed by atoms with Gasteiger partial charge in [-0.1, -0.05) is 0 Å². The number of amides is 2. The van der Waals surface area contributed by atoms with Gasteiger partial charge in [0.15, 0.2) is 24.8 Å². The maximum Gasteiger partial charge on any atom is 0.336 e. The molecule has 0 saturated carbocycles. The van der Waals surface area contributed by atoms with Crippen LogP contribution in [0.3, 0.4) is 0 Å². The van der Waals surface area contributed by atoms with Gasteiger partial charge in [0.1, 0.15) is 0 Å². The Morgan fingerprint density at radius 1 is 0.812 bits per heavy atom. The second kappa shape index (κ2) is 4.88. The Bertz CT molecular complexity index is 371. The van der Waals surface area contributed by atoms with E-state index in [1.165, 1.54) is 9.80 Å². The van der Waals surface area contributed by atoms with Gasteiger partial charge in [-0.25, -0.2) is 14.8 Å². The summed E-state index contributed by atoms with van der Waals surface area (Å²) in [4.78, 5) is 20.8. The Balaban J connectivity index is 2.13. The molecule has 0 aromatic rings. The molecule has 16 heavy (non-hydrogen) atoms. The lowest BCUT2D eigenvalue weighted by Gasteiger charge is -2.17. The number of carbonyl (C=O) groups excluding carboxylic acids is 1. The van der Waals surface area contributed by atoms with E-state index in [1.54, 1.807) is 61.8 Å². The van der Waals surface area contributed by atoms with Crippen LogP contribution in [0.25, 0.3) is 0 Å². The van der Waals surface area contributed by atoms with E-state index in [0.29, 0.717) is 0 Å². The third-order valence-electron chi connectivity index (χ3n) is 1.98. The highest BCUT2D eigenvalue weighted by Gasteiger charge is 2.15. The monoisotopic (exact) mass is 216 g/mol. The molecule has 2 heterocycles. The van der Waals surface area contributed by atoms with Crippen molar-refractivity contribution in [1.29, 1.82) is 0 Å². The van der Waals surface area contributed by atoms with Crippen molar-refractivity contribution in [1.82, 2.24) is 9.80 Å². The first kappa shape index (κ1) is 10.1. The number of hydrogen-bond donors (Lipinski definition) is 2. The van der Waals surface area contributed by atoms with Gasteiger partial charge >= 0.3 is 6.03 Å². The molecule has 5 nitrogen and oxygen atoms in total. The van der Waals surface area contributed by atoms with Gasteiger partial charge in [-0.15, -0.1) is 0 Å². The first-order chi connectivity index (χ1) is 7.88. The molecule has 0 radical (unpaired) electrons. The molecular weight excluding hydrogens is 204 g/mol. The minimum absolute atomic E-state index is 0.158. The van der Waals surface area contributed by atoms with Crippen molar-refractivity contribution in [3.05, 3.63) is 49.4 Å². The summed E-state index contributed by atoms with van der Waals surface area (Å²) in [5.41, 5.74) is 0. The van der Waals surface area contributed by atoms with E-state index in [0.717, 1.165) is 0 Å². The SMILES string of the molecule is O=C(N1C=CC=[NH+]C=C1)N1C=CC=[NH+]C=C1. The zero-order chi connectivity index (χ0) is 11.2. The van der Waals surface area contributed by atoms with E-state index >= 15 is 0 Å². The number of allylic oxidation sites excluding steroid dienone is 2. The van der Waals surface area contributed by atoms with Gasteiger partial charge in [0.2, 0.25) is 0 Å². The molecule has 0 saturated heterocycles. The van der Waals surface area contributed by atoms with Crippen LogP contribution >= 0.6 is 0 Å². The lowest BCUT2D eigenvalue weighted by Crippen LogP contribution is -2.60. The molecular formula is C11H12N4O+2. The van der Waals surface area contributed by atoms with E-state index in [9.17, 15) is 4.79 Å². The standard InChI is InChI=1S/C11H10N4O/c16-11(14-7-1-3-12-5-9-14)15-8-2-4-13-6-10-15/h1-10H/p+2. The van der Waals surface area contributed by atoms with Crippen LogP contribution in [0, 0.1) is 0 Å². The fourth-order valence-electron chi connectivity index (χ4n) is 1.23. The lowest BCUT2D eigenvalue weighted by molar-refractivity contribution is -0.366. The maximum atomic E-state index is 12.0. The number of hydrogen-bond acceptors (Lipinski definition) is 1. The highest BCUT2D eigenvalue weighted by atomic mass is 16.2. The quantitative estimate of drug-likeness (QED) is 0.484. The molecule has 80 valence electrons. The Labute approximate surface area is 93.1 Å². The van der Waals surface area contributed by atoms with Crippen molar-refractivity contribution in [3.63, 3.8) is 0 Å². The second-order valence-electron chi connectivity index (χ2n) is 3.08. The number of urea groups is 1. The smallest absolute Gasteiger partial charge is 0.270 e. The fourth-order valence-corrected chi connectivity index (χ4v) is 1.23. The van der Waals surface area contributed by atoms with Crippen LogP contribution in [0.15, 0.2) is 49.4 Å². The molecule has 2 amide bonds. The van der Waals surface area contributed by atoms with E-state index in [-0.39, 0.29) is 6.03 Å². The summed E-state index contributed by atoms with van der Waals surface area (Å²) in [6, 6.07) is -0.158. The zero-order valence-electron chi connectivity index (χ0n) is 8.58. The van der Waals surface area contributed by atoms with Gasteiger partial charge < -0.3 is 0 Å². The van der Waals surface area contributed by atoms with Gasteiger partial charge in [-0.2, -0.15) is 0 Å². The van der Waals surface area contributed by atoms with Crippen LogP contribution < -0.4 is 9.98 Å². The largest absolute Gasteiger partial charge is 0.336 e. The average Bonchev–Trinajstić information content (AvgIpc) is 2.73. The molecule has 5 heteroatoms. The molecule has 0 fully saturated rings. The third kappa shape index (κ3) is 2.33. The van der Waals surface area contributed by atoms with Crippen molar-refractivity contribution in [2.75, 3.05) is 0 Å². The Morgan fingerprint density at radius 3 is 1.81 bits per heavy atom. The number of nitrogens with zero attached hydrogens (tertiary/aromatic N) is 2. The van der Waals surface area contributed by atoms with Gasteiger partial charge in [-0.05, 0) is 0 Å². The summed E-state index contributed by atoms with van der Waals surface area (Å²) in [5.74, 6) is 0. The van der Waals surface area contributed by atoms with Crippen LogP contribution in [0.2, 0.25) is 0 Å². The highest BCUT2D eigenvalue weighted by Crippen LogP contribution is 2.03. The molecule has 2 N–H and O–H groups in total. The minimum Gasteiger partial charge on any atom is -0.270 e. The first-order valence-corrected chi connectivity index (χ1v) is 4.84. The van der Waals surface area contributed by atoms with Gasteiger partial charge in [0.25, 0.3) is 0 Å². The second-order valence-corrected chi connectivity index (χ2v) is 3.08. The molecule has 0 atom stereocenters. The van der Waals surface area contributed by atoms with Crippen molar-refractivity contribution in [3.8, 4) is 0 Å². The molecule has 0 aliphatic carbocycles. The predicted octanol–water partition coefficient (Wildman–Crippen LogP) is -1.99. The molecule has 0 aromatic heterocycles. The van der Waals surface area contributed by atoms with Gasteiger partial charge in [-0.3, -0.25) is 9.80 Å². The summed E-state index contributed by atoms with van der Waals surface area (Å²) in [5, 5.41) is 0. The van der Waals surface area contributed by atoms with Gasteiger partial charge in [0.05, 0.1) is 12.4 Å². The van der Waals surface area contributed by atoms with Crippen molar-refractivity contribution < 1.29 is 14.8 Å². The molecule has 0 bridgehead atoms. The molecule has 0 spiro atoms. The summed E-state index contributed by atoms with van der Waals surface area (Å²) >= 11 is 0. The van der Waals surface area contributed by atoms with Crippen LogP contribution in [-0.4, -0.2) is 28.3 Å². The maximum absolute atomic E-state index is 12.0. The van der Waals surface area contributed by atoms with Crippen LogP contribution in [0.1, 0.15) is 0 Å². The molecule has 2 rings (SSSR count). The predicted molar refractivity (Wildman–Crippen MR) is 59.7 cm³/mol. The van der Waals surface area contributed by atoms with Gasteiger partial charge in [0, 0.05) is 24.6 Å². The van der Waals surface area contributed by atoms with Crippen molar-refractivity contribution in [2.45, 2.75) is 0 Å². The topological polar surface area (TPSA) is 51.5 Å². The van der Waals surface area contributed by atoms with Crippen LogP contribution in [-0.2, 0) is 0 Å². The van der Waals surface area contributed by atoms with E-state index < -0.39 is 0 Å². The molecule has 2 aliphatic heterocycles. The van der Waals surface area contributed by atoms with Crippen molar-refractivity contribution >= 4 is 18.5 Å². The number of rotatable bonds is 0. The lowest BCUT2D eigenvalue weighted by atomic mass is 10.5. The molecule has 0 aromatic carbocycles. The Hall–Kier alpha value is -2.43. The molecule has 0 unspecified atom stereocenters. The number of carbonyl (C=O) groups is 1. The third-order valence-corrected chi connectivity index (χ3v) is 1.98. The van der Waals surface area contributed by atoms with E-state index in [1.807, 2.05) is 0 Å². The zero-order valence-corrected chi connectivity index (χ0v) is 8.58. The normalized spacial score (nSPS) is 17.8. The minimum atomic E-state index is -0.158. The first-order valence-electron chi connectivity index (χ1n) is 4.84. The summed E-state index contributed by atoms with van der Waals surface area (Å²) in [6.45, 7) is 0. The van der Waals surface area contributed by atoms with Crippen LogP contribution in [0.4, 0.5) is 4.79 Å². The van der Waals surface area contributed by atoms with E-state index in [2.05, 4.69) is 9.98 Å².